The second-order valence-corrected chi connectivity index (χ2v) is 4.41. The van der Waals surface area contributed by atoms with Crippen molar-refractivity contribution in [3.05, 3.63) is 52.9 Å². The molecule has 0 saturated carbocycles. The molecule has 100 valence electrons. The van der Waals surface area contributed by atoms with E-state index in [9.17, 15) is 9.90 Å². The van der Waals surface area contributed by atoms with Crippen molar-refractivity contribution >= 4 is 12.0 Å². The number of nitriles is 1. The monoisotopic (exact) mass is 267 g/mol. The van der Waals surface area contributed by atoms with Crippen LogP contribution >= 0.6 is 0 Å². The van der Waals surface area contributed by atoms with E-state index in [1.165, 1.54) is 22.9 Å². The number of aromatic nitrogens is 2. The average Bonchev–Trinajstić information content (AvgIpc) is 2.74. The number of benzene rings is 1. The highest BCUT2D eigenvalue weighted by molar-refractivity contribution is 6.03. The van der Waals surface area contributed by atoms with Crippen LogP contribution in [0.5, 0.6) is 5.75 Å². The number of allylic oxidation sites excluding steroid dienone is 1. The maximum Gasteiger partial charge on any atom is 0.289 e. The Balaban J connectivity index is 2.41. The van der Waals surface area contributed by atoms with Crippen molar-refractivity contribution in [2.45, 2.75) is 13.8 Å². The Hall–Kier alpha value is -2.87. The molecule has 5 nitrogen and oxygen atoms in total. The minimum Gasteiger partial charge on any atom is -0.508 e. The van der Waals surface area contributed by atoms with Gasteiger partial charge in [0.1, 0.15) is 17.4 Å². The summed E-state index contributed by atoms with van der Waals surface area (Å²) in [7, 11) is 0. The minimum absolute atomic E-state index is 0.0400. The molecule has 0 fully saturated rings. The zero-order chi connectivity index (χ0) is 14.7. The van der Waals surface area contributed by atoms with Crippen LogP contribution in [0.1, 0.15) is 21.7 Å². The lowest BCUT2D eigenvalue weighted by Gasteiger charge is -2.02. The summed E-state index contributed by atoms with van der Waals surface area (Å²) in [5.41, 5.74) is 1.92. The molecule has 1 N–H and O–H groups in total. The normalized spacial score (nSPS) is 11.2. The van der Waals surface area contributed by atoms with Gasteiger partial charge in [-0.2, -0.15) is 10.4 Å². The Morgan fingerprint density at radius 2 is 2.15 bits per heavy atom. The zero-order valence-electron chi connectivity index (χ0n) is 11.2. The maximum atomic E-state index is 12.2. The predicted octanol–water partition coefficient (Wildman–Crippen LogP) is 2.45. The smallest absolute Gasteiger partial charge is 0.289 e. The van der Waals surface area contributed by atoms with Crippen molar-refractivity contribution in [3.8, 4) is 11.8 Å². The molecule has 5 heteroatoms. The topological polar surface area (TPSA) is 78.9 Å². The molecule has 0 aliphatic rings. The average molecular weight is 267 g/mol. The Morgan fingerprint density at radius 1 is 1.40 bits per heavy atom. The number of phenols is 1. The van der Waals surface area contributed by atoms with E-state index in [4.69, 9.17) is 5.26 Å². The molecule has 1 aromatic heterocycles. The van der Waals surface area contributed by atoms with E-state index in [-0.39, 0.29) is 11.3 Å². The molecular formula is C15H13N3O2. The van der Waals surface area contributed by atoms with Gasteiger partial charge in [-0.25, -0.2) is 4.68 Å². The highest BCUT2D eigenvalue weighted by atomic mass is 16.3. The molecule has 2 aromatic rings. The summed E-state index contributed by atoms with van der Waals surface area (Å²) in [5.74, 6) is -0.406. The van der Waals surface area contributed by atoms with Crippen LogP contribution in [0.4, 0.5) is 0 Å². The number of nitrogens with zero attached hydrogens (tertiary/aromatic N) is 3. The summed E-state index contributed by atoms with van der Waals surface area (Å²) in [6.07, 6.45) is 1.43. The first-order chi connectivity index (χ1) is 9.51. The van der Waals surface area contributed by atoms with Gasteiger partial charge >= 0.3 is 0 Å². The van der Waals surface area contributed by atoms with E-state index in [0.717, 1.165) is 0 Å². The summed E-state index contributed by atoms with van der Waals surface area (Å²) in [6.45, 7) is 3.53. The predicted molar refractivity (Wildman–Crippen MR) is 74.0 cm³/mol. The SMILES string of the molecule is Cc1cc(C)n(C(=O)/C(C#N)=C/c2cccc(O)c2)n1. The second kappa shape index (κ2) is 5.41. The molecule has 0 radical (unpaired) electrons. The van der Waals surface area contributed by atoms with Crippen molar-refractivity contribution < 1.29 is 9.90 Å². The first-order valence-corrected chi connectivity index (χ1v) is 6.00. The number of hydrogen-bond donors (Lipinski definition) is 1. The van der Waals surface area contributed by atoms with Gasteiger partial charge in [-0.15, -0.1) is 0 Å². The number of phenolic OH excluding ortho intramolecular Hbond substituents is 1. The number of carbonyl (C=O) groups is 1. The molecule has 1 aromatic carbocycles. The number of carbonyl (C=O) groups excluding carboxylic acids is 1. The number of aromatic hydroxyl groups is 1. The fourth-order valence-corrected chi connectivity index (χ4v) is 1.87. The quantitative estimate of drug-likeness (QED) is 0.669. The van der Waals surface area contributed by atoms with Crippen molar-refractivity contribution in [2.24, 2.45) is 0 Å². The van der Waals surface area contributed by atoms with E-state index in [1.54, 1.807) is 32.0 Å². The zero-order valence-corrected chi connectivity index (χ0v) is 11.2. The van der Waals surface area contributed by atoms with Crippen LogP contribution in [0.3, 0.4) is 0 Å². The number of aryl methyl sites for hydroxylation is 2. The van der Waals surface area contributed by atoms with E-state index >= 15 is 0 Å². The Kier molecular flexibility index (Phi) is 3.67. The molecule has 0 bridgehead atoms. The van der Waals surface area contributed by atoms with E-state index < -0.39 is 5.91 Å². The van der Waals surface area contributed by atoms with Gasteiger partial charge in [-0.1, -0.05) is 12.1 Å². The van der Waals surface area contributed by atoms with E-state index in [2.05, 4.69) is 5.10 Å². The number of hydrogen-bond acceptors (Lipinski definition) is 4. The summed E-state index contributed by atoms with van der Waals surface area (Å²) < 4.78 is 1.20. The van der Waals surface area contributed by atoms with Crippen molar-refractivity contribution in [1.29, 1.82) is 5.26 Å². The van der Waals surface area contributed by atoms with Gasteiger partial charge in [0.2, 0.25) is 0 Å². The standard InChI is InChI=1S/C15H13N3O2/c1-10-6-11(2)18(17-10)15(20)13(9-16)7-12-4-3-5-14(19)8-12/h3-8,19H,1-2H3/b13-7+. The van der Waals surface area contributed by atoms with Gasteiger partial charge in [0.25, 0.3) is 5.91 Å². The molecule has 2 rings (SSSR count). The van der Waals surface area contributed by atoms with E-state index in [0.29, 0.717) is 17.0 Å². The highest BCUT2D eigenvalue weighted by Crippen LogP contribution is 2.15. The van der Waals surface area contributed by atoms with Gasteiger partial charge in [0.15, 0.2) is 0 Å². The van der Waals surface area contributed by atoms with Crippen LogP contribution < -0.4 is 0 Å². The van der Waals surface area contributed by atoms with Gasteiger partial charge < -0.3 is 5.11 Å². The third kappa shape index (κ3) is 2.75. The molecule has 20 heavy (non-hydrogen) atoms. The molecule has 0 unspecified atom stereocenters. The summed E-state index contributed by atoms with van der Waals surface area (Å²) >= 11 is 0. The highest BCUT2D eigenvalue weighted by Gasteiger charge is 2.15. The molecule has 0 amide bonds. The van der Waals surface area contributed by atoms with Gasteiger partial charge in [-0.3, -0.25) is 4.79 Å². The minimum atomic E-state index is -0.485. The molecule has 0 aliphatic carbocycles. The van der Waals surface area contributed by atoms with E-state index in [1.807, 2.05) is 6.07 Å². The first kappa shape index (κ1) is 13.6. The van der Waals surface area contributed by atoms with Gasteiger partial charge in [0.05, 0.1) is 5.69 Å². The first-order valence-electron chi connectivity index (χ1n) is 6.00. The molecule has 0 aliphatic heterocycles. The fraction of sp³-hybridized carbons (Fsp3) is 0.133. The van der Waals surface area contributed by atoms with Crippen LogP contribution in [0.15, 0.2) is 35.9 Å². The molecular weight excluding hydrogens is 254 g/mol. The lowest BCUT2D eigenvalue weighted by molar-refractivity contribution is 0.0943. The number of rotatable bonds is 2. The summed E-state index contributed by atoms with van der Waals surface area (Å²) in [4.78, 5) is 12.2. The third-order valence-electron chi connectivity index (χ3n) is 2.73. The molecule has 0 atom stereocenters. The summed E-state index contributed by atoms with van der Waals surface area (Å²) in [6, 6.07) is 9.98. The second-order valence-electron chi connectivity index (χ2n) is 4.41. The Labute approximate surface area is 116 Å². The lowest BCUT2D eigenvalue weighted by Crippen LogP contribution is -2.15. The van der Waals surface area contributed by atoms with Crippen LogP contribution in [0.25, 0.3) is 6.08 Å². The largest absolute Gasteiger partial charge is 0.508 e. The fourth-order valence-electron chi connectivity index (χ4n) is 1.87. The van der Waals surface area contributed by atoms with Crippen molar-refractivity contribution in [3.63, 3.8) is 0 Å². The summed E-state index contributed by atoms with van der Waals surface area (Å²) in [5, 5.41) is 22.6. The Bertz CT molecular complexity index is 736. The molecule has 1 heterocycles. The van der Waals surface area contributed by atoms with Gasteiger partial charge in [-0.05, 0) is 43.7 Å². The lowest BCUT2D eigenvalue weighted by atomic mass is 10.1. The molecule has 0 saturated heterocycles. The van der Waals surface area contributed by atoms with Crippen molar-refractivity contribution in [2.75, 3.05) is 0 Å². The van der Waals surface area contributed by atoms with Crippen LogP contribution in [-0.4, -0.2) is 20.8 Å². The van der Waals surface area contributed by atoms with Crippen LogP contribution in [0, 0.1) is 25.2 Å². The van der Waals surface area contributed by atoms with Gasteiger partial charge in [0, 0.05) is 5.69 Å². The van der Waals surface area contributed by atoms with Crippen molar-refractivity contribution in [1.82, 2.24) is 9.78 Å². The van der Waals surface area contributed by atoms with Crippen LogP contribution in [-0.2, 0) is 0 Å². The Morgan fingerprint density at radius 3 is 2.70 bits per heavy atom. The molecule has 0 spiro atoms. The van der Waals surface area contributed by atoms with Crippen LogP contribution in [0.2, 0.25) is 0 Å². The third-order valence-corrected chi connectivity index (χ3v) is 2.73. The maximum absolute atomic E-state index is 12.2.